The maximum absolute atomic E-state index is 12.7. The molecule has 1 heterocycles. The van der Waals surface area contributed by atoms with Crippen molar-refractivity contribution in [1.29, 1.82) is 0 Å². The highest BCUT2D eigenvalue weighted by Crippen LogP contribution is 2.29. The van der Waals surface area contributed by atoms with Gasteiger partial charge in [-0.15, -0.1) is 5.10 Å². The number of nitrogens with one attached hydrogen (secondary N) is 1. The number of ether oxygens (including phenoxy) is 2. The first-order valence-electron chi connectivity index (χ1n) is 8.48. The second kappa shape index (κ2) is 7.49. The molecule has 0 aliphatic rings. The summed E-state index contributed by atoms with van der Waals surface area (Å²) >= 11 is 0. The smallest absolute Gasteiger partial charge is 0.278 e. The van der Waals surface area contributed by atoms with Gasteiger partial charge in [0.2, 0.25) is 0 Å². The number of hydrogen-bond acceptors (Lipinski definition) is 5. The van der Waals surface area contributed by atoms with E-state index in [-0.39, 0.29) is 11.6 Å². The van der Waals surface area contributed by atoms with E-state index in [0.717, 1.165) is 11.3 Å². The van der Waals surface area contributed by atoms with Crippen LogP contribution in [0.2, 0.25) is 0 Å². The van der Waals surface area contributed by atoms with Gasteiger partial charge < -0.3 is 14.8 Å². The molecule has 0 saturated carbocycles. The molecule has 0 saturated heterocycles. The molecule has 3 aromatic rings. The quantitative estimate of drug-likeness (QED) is 0.748. The molecule has 0 atom stereocenters. The highest BCUT2D eigenvalue weighted by Gasteiger charge is 2.19. The van der Waals surface area contributed by atoms with Gasteiger partial charge in [0.1, 0.15) is 11.5 Å². The molecule has 0 radical (unpaired) electrons. The Bertz CT molecular complexity index is 995. The van der Waals surface area contributed by atoms with E-state index in [4.69, 9.17) is 9.47 Å². The zero-order valence-corrected chi connectivity index (χ0v) is 16.0. The summed E-state index contributed by atoms with van der Waals surface area (Å²) in [4.78, 5) is 12.7. The van der Waals surface area contributed by atoms with E-state index < -0.39 is 0 Å². The number of rotatable bonds is 5. The van der Waals surface area contributed by atoms with Crippen LogP contribution in [0.4, 0.5) is 5.69 Å². The van der Waals surface area contributed by atoms with E-state index in [1.165, 1.54) is 5.56 Å². The Morgan fingerprint density at radius 2 is 1.78 bits per heavy atom. The molecule has 1 aromatic heterocycles. The first kappa shape index (κ1) is 18.4. The number of hydrogen-bond donors (Lipinski definition) is 1. The molecule has 3 rings (SSSR count). The fraction of sp³-hybridized carbons (Fsp3) is 0.250. The van der Waals surface area contributed by atoms with Gasteiger partial charge in [0.05, 0.1) is 31.3 Å². The van der Waals surface area contributed by atoms with Crippen LogP contribution in [0.3, 0.4) is 0 Å². The zero-order chi connectivity index (χ0) is 19.6. The number of benzene rings is 2. The van der Waals surface area contributed by atoms with Crippen LogP contribution in [0, 0.1) is 20.8 Å². The maximum atomic E-state index is 12.7. The second-order valence-corrected chi connectivity index (χ2v) is 6.22. The van der Waals surface area contributed by atoms with Gasteiger partial charge in [-0.25, -0.2) is 4.68 Å². The van der Waals surface area contributed by atoms with E-state index >= 15 is 0 Å². The number of anilines is 1. The van der Waals surface area contributed by atoms with Crippen LogP contribution in [-0.4, -0.2) is 35.1 Å². The summed E-state index contributed by atoms with van der Waals surface area (Å²) in [7, 11) is 3.10. The molecule has 0 unspecified atom stereocenters. The number of methoxy groups -OCH3 is 2. The number of carbonyl (C=O) groups is 1. The van der Waals surface area contributed by atoms with Crippen LogP contribution in [0.25, 0.3) is 5.69 Å². The Kier molecular flexibility index (Phi) is 5.12. The number of aromatic nitrogens is 3. The van der Waals surface area contributed by atoms with E-state index in [2.05, 4.69) is 15.6 Å². The molecule has 0 fully saturated rings. The van der Waals surface area contributed by atoms with Crippen molar-refractivity contribution in [2.75, 3.05) is 19.5 Å². The Labute approximate surface area is 157 Å². The Hall–Kier alpha value is -3.35. The molecule has 1 amide bonds. The van der Waals surface area contributed by atoms with Crippen molar-refractivity contribution in [3.05, 3.63) is 58.9 Å². The molecule has 0 aliphatic heterocycles. The summed E-state index contributed by atoms with van der Waals surface area (Å²) < 4.78 is 12.2. The van der Waals surface area contributed by atoms with Crippen LogP contribution in [-0.2, 0) is 0 Å². The predicted octanol–water partition coefficient (Wildman–Crippen LogP) is 3.46. The summed E-state index contributed by atoms with van der Waals surface area (Å²) in [5.74, 6) is 0.777. The van der Waals surface area contributed by atoms with Gasteiger partial charge in [-0.2, -0.15) is 0 Å². The lowest BCUT2D eigenvalue weighted by atomic mass is 10.1. The van der Waals surface area contributed by atoms with Crippen LogP contribution in [0.5, 0.6) is 11.5 Å². The van der Waals surface area contributed by atoms with E-state index in [9.17, 15) is 4.79 Å². The van der Waals surface area contributed by atoms with Gasteiger partial charge in [-0.1, -0.05) is 11.3 Å². The van der Waals surface area contributed by atoms with Crippen molar-refractivity contribution in [3.63, 3.8) is 0 Å². The third kappa shape index (κ3) is 3.62. The lowest BCUT2D eigenvalue weighted by Crippen LogP contribution is -2.15. The molecule has 7 nitrogen and oxygen atoms in total. The first-order chi connectivity index (χ1) is 12.9. The molecule has 0 bridgehead atoms. The fourth-order valence-electron chi connectivity index (χ4n) is 2.73. The van der Waals surface area contributed by atoms with Gasteiger partial charge in [-0.3, -0.25) is 4.79 Å². The van der Waals surface area contributed by atoms with Crippen molar-refractivity contribution >= 4 is 11.6 Å². The molecule has 1 N–H and O–H groups in total. The predicted molar refractivity (Wildman–Crippen MR) is 103 cm³/mol. The van der Waals surface area contributed by atoms with Crippen LogP contribution < -0.4 is 14.8 Å². The second-order valence-electron chi connectivity index (χ2n) is 6.22. The van der Waals surface area contributed by atoms with Crippen molar-refractivity contribution < 1.29 is 14.3 Å². The highest BCUT2D eigenvalue weighted by atomic mass is 16.5. The largest absolute Gasteiger partial charge is 0.497 e. The average Bonchev–Trinajstić information content (AvgIpc) is 3.05. The summed E-state index contributed by atoms with van der Waals surface area (Å²) in [6, 6.07) is 11.2. The minimum Gasteiger partial charge on any atom is -0.497 e. The normalized spacial score (nSPS) is 10.6. The third-order valence-corrected chi connectivity index (χ3v) is 4.50. The lowest BCUT2D eigenvalue weighted by molar-refractivity contribution is 0.102. The molecule has 0 spiro atoms. The lowest BCUT2D eigenvalue weighted by Gasteiger charge is -2.11. The van der Waals surface area contributed by atoms with Crippen LogP contribution in [0.1, 0.15) is 27.3 Å². The first-order valence-corrected chi connectivity index (χ1v) is 8.48. The van der Waals surface area contributed by atoms with Crippen molar-refractivity contribution in [2.24, 2.45) is 0 Å². The van der Waals surface area contributed by atoms with E-state index in [1.54, 1.807) is 37.1 Å². The molecular weight excluding hydrogens is 344 g/mol. The number of aryl methyl sites for hydroxylation is 2. The summed E-state index contributed by atoms with van der Waals surface area (Å²) in [5, 5.41) is 11.0. The molecule has 27 heavy (non-hydrogen) atoms. The number of carbonyl (C=O) groups excluding carboxylic acids is 1. The third-order valence-electron chi connectivity index (χ3n) is 4.50. The monoisotopic (exact) mass is 366 g/mol. The fourth-order valence-corrected chi connectivity index (χ4v) is 2.73. The Morgan fingerprint density at radius 1 is 1.00 bits per heavy atom. The van der Waals surface area contributed by atoms with Crippen LogP contribution >= 0.6 is 0 Å². The summed E-state index contributed by atoms with van der Waals surface area (Å²) in [6.07, 6.45) is 0. The Balaban J connectivity index is 1.91. The highest BCUT2D eigenvalue weighted by molar-refractivity contribution is 6.04. The average molecular weight is 366 g/mol. The van der Waals surface area contributed by atoms with Crippen LogP contribution in [0.15, 0.2) is 36.4 Å². The zero-order valence-electron chi connectivity index (χ0n) is 16.0. The number of nitrogens with zero attached hydrogens (tertiary/aromatic N) is 3. The van der Waals surface area contributed by atoms with Gasteiger partial charge >= 0.3 is 0 Å². The summed E-state index contributed by atoms with van der Waals surface area (Å²) in [5.41, 5.74) is 4.60. The van der Waals surface area contributed by atoms with Gasteiger partial charge in [-0.05, 0) is 56.2 Å². The Morgan fingerprint density at radius 3 is 2.44 bits per heavy atom. The maximum Gasteiger partial charge on any atom is 0.278 e. The number of amides is 1. The SMILES string of the molecule is COc1ccc(OC)c(NC(=O)c2nnn(-c3ccc(C)c(C)c3)c2C)c1. The van der Waals surface area contributed by atoms with Gasteiger partial charge in [0.15, 0.2) is 5.69 Å². The topological polar surface area (TPSA) is 78.3 Å². The molecule has 140 valence electrons. The van der Waals surface area contributed by atoms with Gasteiger partial charge in [0, 0.05) is 6.07 Å². The van der Waals surface area contributed by atoms with Crippen molar-refractivity contribution in [1.82, 2.24) is 15.0 Å². The van der Waals surface area contributed by atoms with Crippen molar-refractivity contribution in [2.45, 2.75) is 20.8 Å². The molecule has 2 aromatic carbocycles. The minimum absolute atomic E-state index is 0.248. The molecule has 7 heteroatoms. The minimum atomic E-state index is -0.367. The van der Waals surface area contributed by atoms with E-state index in [1.807, 2.05) is 39.0 Å². The standard InChI is InChI=1S/C20H22N4O3/c1-12-6-7-15(10-13(12)2)24-14(3)19(22-23-24)20(25)21-17-11-16(26-4)8-9-18(17)27-5/h6-11H,1-5H3,(H,21,25). The van der Waals surface area contributed by atoms with Gasteiger partial charge in [0.25, 0.3) is 5.91 Å². The molecule has 0 aliphatic carbocycles. The molecular formula is C20H22N4O3. The summed E-state index contributed by atoms with van der Waals surface area (Å²) in [6.45, 7) is 5.90. The van der Waals surface area contributed by atoms with Crippen molar-refractivity contribution in [3.8, 4) is 17.2 Å². The van der Waals surface area contributed by atoms with E-state index in [0.29, 0.717) is 22.9 Å².